The lowest BCUT2D eigenvalue weighted by molar-refractivity contribution is 0.0696. The standard InChI is InChI=1S/C16H21FN2O2/c17-14-8-12(7-13(9-14)16(20)21)10-18-4-2-6-19-5-1-3-15(19)11-18/h7-9,15H,1-6,10-11H2,(H,20,21). The summed E-state index contributed by atoms with van der Waals surface area (Å²) in [5.41, 5.74) is 0.779. The Morgan fingerprint density at radius 2 is 2.05 bits per heavy atom. The predicted molar refractivity (Wildman–Crippen MR) is 77.8 cm³/mol. The van der Waals surface area contributed by atoms with Crippen LogP contribution in [0.5, 0.6) is 0 Å². The highest BCUT2D eigenvalue weighted by Crippen LogP contribution is 2.22. The van der Waals surface area contributed by atoms with Gasteiger partial charge in [-0.25, -0.2) is 9.18 Å². The van der Waals surface area contributed by atoms with Crippen LogP contribution in [0.2, 0.25) is 0 Å². The van der Waals surface area contributed by atoms with Gasteiger partial charge in [-0.05, 0) is 62.7 Å². The number of rotatable bonds is 3. The van der Waals surface area contributed by atoms with Crippen LogP contribution >= 0.6 is 0 Å². The number of hydrogen-bond donors (Lipinski definition) is 1. The minimum absolute atomic E-state index is 0.0299. The highest BCUT2D eigenvalue weighted by molar-refractivity contribution is 5.87. The molecule has 2 aliphatic heterocycles. The second kappa shape index (κ2) is 6.12. The number of benzene rings is 1. The molecule has 0 saturated carbocycles. The van der Waals surface area contributed by atoms with Crippen LogP contribution < -0.4 is 0 Å². The minimum atomic E-state index is -1.08. The Kier molecular flexibility index (Phi) is 4.22. The fraction of sp³-hybridized carbons (Fsp3) is 0.562. The normalized spacial score (nSPS) is 23.8. The third kappa shape index (κ3) is 3.41. The van der Waals surface area contributed by atoms with E-state index < -0.39 is 11.8 Å². The largest absolute Gasteiger partial charge is 0.478 e. The maximum Gasteiger partial charge on any atom is 0.335 e. The maximum atomic E-state index is 13.5. The lowest BCUT2D eigenvalue weighted by Gasteiger charge is -2.25. The fourth-order valence-corrected chi connectivity index (χ4v) is 3.55. The number of carbonyl (C=O) groups is 1. The number of carboxylic acids is 1. The summed E-state index contributed by atoms with van der Waals surface area (Å²) in [5, 5.41) is 9.02. The summed E-state index contributed by atoms with van der Waals surface area (Å²) in [4.78, 5) is 15.9. The van der Waals surface area contributed by atoms with Gasteiger partial charge in [0.2, 0.25) is 0 Å². The van der Waals surface area contributed by atoms with E-state index in [-0.39, 0.29) is 5.56 Å². The van der Waals surface area contributed by atoms with E-state index in [2.05, 4.69) is 9.80 Å². The zero-order chi connectivity index (χ0) is 14.8. The van der Waals surface area contributed by atoms with Crippen LogP contribution in [-0.2, 0) is 6.54 Å². The lowest BCUT2D eigenvalue weighted by Crippen LogP contribution is -2.36. The smallest absolute Gasteiger partial charge is 0.335 e. The minimum Gasteiger partial charge on any atom is -0.478 e. The van der Waals surface area contributed by atoms with Gasteiger partial charge in [-0.15, -0.1) is 0 Å². The highest BCUT2D eigenvalue weighted by atomic mass is 19.1. The molecule has 5 heteroatoms. The van der Waals surface area contributed by atoms with Gasteiger partial charge in [0.1, 0.15) is 5.82 Å². The van der Waals surface area contributed by atoms with Crippen molar-refractivity contribution in [2.24, 2.45) is 0 Å². The van der Waals surface area contributed by atoms with Crippen LogP contribution in [0, 0.1) is 5.82 Å². The highest BCUT2D eigenvalue weighted by Gasteiger charge is 2.28. The van der Waals surface area contributed by atoms with Crippen LogP contribution in [0.1, 0.15) is 35.2 Å². The average molecular weight is 292 g/mol. The Hall–Kier alpha value is -1.46. The Morgan fingerprint density at radius 1 is 1.24 bits per heavy atom. The molecule has 1 N–H and O–H groups in total. The molecular weight excluding hydrogens is 271 g/mol. The first-order valence-corrected chi connectivity index (χ1v) is 7.61. The molecule has 2 heterocycles. The zero-order valence-corrected chi connectivity index (χ0v) is 12.1. The van der Waals surface area contributed by atoms with Crippen molar-refractivity contribution < 1.29 is 14.3 Å². The number of halogens is 1. The van der Waals surface area contributed by atoms with E-state index in [0.29, 0.717) is 12.6 Å². The van der Waals surface area contributed by atoms with E-state index in [1.807, 2.05) is 0 Å². The molecule has 0 aromatic heterocycles. The van der Waals surface area contributed by atoms with Crippen molar-refractivity contribution in [3.63, 3.8) is 0 Å². The number of aromatic carboxylic acids is 1. The third-order valence-corrected chi connectivity index (χ3v) is 4.50. The van der Waals surface area contributed by atoms with E-state index in [4.69, 9.17) is 5.11 Å². The Balaban J connectivity index is 1.72. The molecule has 0 bridgehead atoms. The van der Waals surface area contributed by atoms with Gasteiger partial charge in [0.05, 0.1) is 5.56 Å². The van der Waals surface area contributed by atoms with Crippen LogP contribution in [0.15, 0.2) is 18.2 Å². The molecule has 0 amide bonds. The van der Waals surface area contributed by atoms with Gasteiger partial charge in [0.15, 0.2) is 0 Å². The second-order valence-corrected chi connectivity index (χ2v) is 6.07. The van der Waals surface area contributed by atoms with E-state index in [1.54, 1.807) is 6.07 Å². The van der Waals surface area contributed by atoms with E-state index in [1.165, 1.54) is 25.5 Å². The van der Waals surface area contributed by atoms with Crippen LogP contribution in [0.3, 0.4) is 0 Å². The van der Waals surface area contributed by atoms with Gasteiger partial charge in [-0.3, -0.25) is 9.80 Å². The van der Waals surface area contributed by atoms with E-state index >= 15 is 0 Å². The molecule has 2 fully saturated rings. The van der Waals surface area contributed by atoms with Crippen molar-refractivity contribution in [1.29, 1.82) is 0 Å². The second-order valence-electron chi connectivity index (χ2n) is 6.07. The molecule has 1 aromatic carbocycles. The zero-order valence-electron chi connectivity index (χ0n) is 12.1. The SMILES string of the molecule is O=C(O)c1cc(F)cc(CN2CCCN3CCCC3C2)c1. The summed E-state index contributed by atoms with van der Waals surface area (Å²) in [5.74, 6) is -1.55. The Bertz CT molecular complexity index is 535. The van der Waals surface area contributed by atoms with Gasteiger partial charge in [0, 0.05) is 19.1 Å². The summed E-state index contributed by atoms with van der Waals surface area (Å²) in [6.45, 7) is 4.96. The maximum absolute atomic E-state index is 13.5. The van der Waals surface area contributed by atoms with Crippen molar-refractivity contribution in [2.75, 3.05) is 26.2 Å². The molecule has 0 aliphatic carbocycles. The van der Waals surface area contributed by atoms with Gasteiger partial charge in [0.25, 0.3) is 0 Å². The van der Waals surface area contributed by atoms with E-state index in [9.17, 15) is 9.18 Å². The molecule has 114 valence electrons. The topological polar surface area (TPSA) is 43.8 Å². The van der Waals surface area contributed by atoms with Crippen LogP contribution in [-0.4, -0.2) is 53.1 Å². The predicted octanol–water partition coefficient (Wildman–Crippen LogP) is 2.19. The molecule has 2 aliphatic rings. The molecule has 1 unspecified atom stereocenters. The molecule has 4 nitrogen and oxygen atoms in total. The van der Waals surface area contributed by atoms with Crippen molar-refractivity contribution >= 4 is 5.97 Å². The average Bonchev–Trinajstić information content (AvgIpc) is 2.77. The summed E-state index contributed by atoms with van der Waals surface area (Å²) < 4.78 is 13.5. The van der Waals surface area contributed by atoms with Crippen molar-refractivity contribution in [1.82, 2.24) is 9.80 Å². The van der Waals surface area contributed by atoms with Crippen molar-refractivity contribution in [3.05, 3.63) is 35.1 Å². The fourth-order valence-electron chi connectivity index (χ4n) is 3.55. The van der Waals surface area contributed by atoms with Gasteiger partial charge in [-0.1, -0.05) is 0 Å². The van der Waals surface area contributed by atoms with Gasteiger partial charge < -0.3 is 5.11 Å². The number of fused-ring (bicyclic) bond motifs is 1. The Labute approximate surface area is 124 Å². The van der Waals surface area contributed by atoms with E-state index in [0.717, 1.165) is 37.7 Å². The molecule has 0 spiro atoms. The van der Waals surface area contributed by atoms with Gasteiger partial charge >= 0.3 is 5.97 Å². The summed E-state index contributed by atoms with van der Waals surface area (Å²) in [6.07, 6.45) is 3.62. The Morgan fingerprint density at radius 3 is 2.86 bits per heavy atom. The van der Waals surface area contributed by atoms with Crippen molar-refractivity contribution in [2.45, 2.75) is 31.8 Å². The first kappa shape index (κ1) is 14.5. The first-order chi connectivity index (χ1) is 10.1. The molecule has 1 atom stereocenters. The van der Waals surface area contributed by atoms with Gasteiger partial charge in [-0.2, -0.15) is 0 Å². The number of hydrogen-bond acceptors (Lipinski definition) is 3. The summed E-state index contributed by atoms with van der Waals surface area (Å²) >= 11 is 0. The number of nitrogens with zero attached hydrogens (tertiary/aromatic N) is 2. The molecule has 3 rings (SSSR count). The molecule has 0 radical (unpaired) electrons. The lowest BCUT2D eigenvalue weighted by atomic mass is 10.1. The molecule has 2 saturated heterocycles. The summed E-state index contributed by atoms with van der Waals surface area (Å²) in [6, 6.07) is 4.72. The monoisotopic (exact) mass is 292 g/mol. The molecule has 21 heavy (non-hydrogen) atoms. The first-order valence-electron chi connectivity index (χ1n) is 7.61. The third-order valence-electron chi connectivity index (χ3n) is 4.50. The molecule has 1 aromatic rings. The summed E-state index contributed by atoms with van der Waals surface area (Å²) in [7, 11) is 0. The van der Waals surface area contributed by atoms with Crippen LogP contribution in [0.25, 0.3) is 0 Å². The molecular formula is C16H21FN2O2. The van der Waals surface area contributed by atoms with Crippen LogP contribution in [0.4, 0.5) is 4.39 Å². The number of carboxylic acid groups (broad SMARTS) is 1. The van der Waals surface area contributed by atoms with Crippen molar-refractivity contribution in [3.8, 4) is 0 Å². The quantitative estimate of drug-likeness (QED) is 0.927.